The van der Waals surface area contributed by atoms with Gasteiger partial charge in [-0.15, -0.1) is 0 Å². The van der Waals surface area contributed by atoms with Crippen LogP contribution in [-0.4, -0.2) is 22.2 Å². The third kappa shape index (κ3) is 2.84. The summed E-state index contributed by atoms with van der Waals surface area (Å²) in [6, 6.07) is 5.70. The zero-order chi connectivity index (χ0) is 13.4. The molecule has 19 heavy (non-hydrogen) atoms. The lowest BCUT2D eigenvalue weighted by atomic mass is 10.3. The van der Waals surface area contributed by atoms with Gasteiger partial charge >= 0.3 is 0 Å². The van der Waals surface area contributed by atoms with Crippen molar-refractivity contribution in [3.8, 4) is 0 Å². The Hall–Kier alpha value is -1.69. The van der Waals surface area contributed by atoms with Crippen LogP contribution in [0.5, 0.6) is 0 Å². The van der Waals surface area contributed by atoms with Crippen LogP contribution in [-0.2, 0) is 4.79 Å². The van der Waals surface area contributed by atoms with Gasteiger partial charge in [0.15, 0.2) is 5.58 Å². The van der Waals surface area contributed by atoms with E-state index in [-0.39, 0.29) is 11.2 Å². The molecule has 1 aliphatic rings. The lowest BCUT2D eigenvalue weighted by molar-refractivity contribution is -0.120. The van der Waals surface area contributed by atoms with Crippen LogP contribution >= 0.6 is 11.8 Å². The normalized spacial score (nSPS) is 16.5. The first-order valence-electron chi connectivity index (χ1n) is 6.25. The molecule has 0 radical (unpaired) electrons. The van der Waals surface area contributed by atoms with E-state index in [9.17, 15) is 4.79 Å². The second kappa shape index (κ2) is 4.77. The maximum absolute atomic E-state index is 11.8. The van der Waals surface area contributed by atoms with Crippen LogP contribution in [0.2, 0.25) is 0 Å². The number of anilines is 1. The number of nitrogen functional groups attached to an aromatic ring is 1. The van der Waals surface area contributed by atoms with Crippen LogP contribution < -0.4 is 11.1 Å². The first kappa shape index (κ1) is 12.3. The summed E-state index contributed by atoms with van der Waals surface area (Å²) >= 11 is 1.32. The molecule has 100 valence electrons. The molecular formula is C13H15N3O2S. The summed E-state index contributed by atoms with van der Waals surface area (Å²) in [5.74, 6) is 0.0364. The molecule has 2 aromatic rings. The molecule has 5 nitrogen and oxygen atoms in total. The summed E-state index contributed by atoms with van der Waals surface area (Å²) in [5, 5.41) is 3.25. The Kier molecular flexibility index (Phi) is 3.10. The van der Waals surface area contributed by atoms with Gasteiger partial charge in [0.1, 0.15) is 5.52 Å². The maximum Gasteiger partial charge on any atom is 0.257 e. The SMILES string of the molecule is CC(Sc1nc2ccc(N)cc2o1)C(=O)NC1CC1. The summed E-state index contributed by atoms with van der Waals surface area (Å²) in [6.07, 6.45) is 2.18. The molecule has 6 heteroatoms. The number of rotatable bonds is 4. The van der Waals surface area contributed by atoms with Gasteiger partial charge in [0, 0.05) is 17.8 Å². The minimum absolute atomic E-state index is 0.0364. The van der Waals surface area contributed by atoms with E-state index in [0.717, 1.165) is 18.4 Å². The molecule has 1 aromatic heterocycles. The third-order valence-corrected chi connectivity index (χ3v) is 3.91. The Labute approximate surface area is 114 Å². The van der Waals surface area contributed by atoms with E-state index in [1.807, 2.05) is 13.0 Å². The highest BCUT2D eigenvalue weighted by Crippen LogP contribution is 2.28. The van der Waals surface area contributed by atoms with E-state index in [4.69, 9.17) is 10.2 Å². The standard InChI is InChI=1S/C13H15N3O2S/c1-7(12(17)15-9-3-4-9)19-13-16-10-5-2-8(14)6-11(10)18-13/h2,5-7,9H,3-4,14H2,1H3,(H,15,17). The van der Waals surface area contributed by atoms with Crippen molar-refractivity contribution in [3.63, 3.8) is 0 Å². The molecule has 1 saturated carbocycles. The lowest BCUT2D eigenvalue weighted by Crippen LogP contribution is -2.32. The molecule has 1 atom stereocenters. The second-order valence-corrected chi connectivity index (χ2v) is 6.04. The van der Waals surface area contributed by atoms with Crippen LogP contribution in [0.4, 0.5) is 5.69 Å². The maximum atomic E-state index is 11.8. The first-order chi connectivity index (χ1) is 9.11. The molecule has 1 heterocycles. The predicted molar refractivity (Wildman–Crippen MR) is 74.9 cm³/mol. The molecule has 1 amide bonds. The lowest BCUT2D eigenvalue weighted by Gasteiger charge is -2.08. The van der Waals surface area contributed by atoms with Crippen molar-refractivity contribution in [3.05, 3.63) is 18.2 Å². The second-order valence-electron chi connectivity index (χ2n) is 4.75. The number of carbonyl (C=O) groups excluding carboxylic acids is 1. The number of thioether (sulfide) groups is 1. The number of fused-ring (bicyclic) bond motifs is 1. The average molecular weight is 277 g/mol. The first-order valence-corrected chi connectivity index (χ1v) is 7.13. The van der Waals surface area contributed by atoms with Crippen molar-refractivity contribution in [1.82, 2.24) is 10.3 Å². The van der Waals surface area contributed by atoms with E-state index in [1.165, 1.54) is 11.8 Å². The van der Waals surface area contributed by atoms with Gasteiger partial charge in [-0.05, 0) is 31.9 Å². The summed E-state index contributed by atoms with van der Waals surface area (Å²) in [7, 11) is 0. The van der Waals surface area contributed by atoms with Gasteiger partial charge in [0.05, 0.1) is 5.25 Å². The van der Waals surface area contributed by atoms with Gasteiger partial charge in [-0.25, -0.2) is 4.98 Å². The highest BCUT2D eigenvalue weighted by atomic mass is 32.2. The number of benzene rings is 1. The fourth-order valence-corrected chi connectivity index (χ4v) is 2.49. The topological polar surface area (TPSA) is 81.2 Å². The molecule has 3 N–H and O–H groups in total. The average Bonchev–Trinajstić information content (AvgIpc) is 3.08. The Morgan fingerprint density at radius 3 is 3.11 bits per heavy atom. The number of nitrogens with zero attached hydrogens (tertiary/aromatic N) is 1. The van der Waals surface area contributed by atoms with Crippen molar-refractivity contribution in [2.75, 3.05) is 5.73 Å². The fraction of sp³-hybridized carbons (Fsp3) is 0.385. The minimum Gasteiger partial charge on any atom is -0.431 e. The predicted octanol–water partition coefficient (Wildman–Crippen LogP) is 2.17. The van der Waals surface area contributed by atoms with E-state index in [1.54, 1.807) is 12.1 Å². The van der Waals surface area contributed by atoms with Gasteiger partial charge < -0.3 is 15.5 Å². The molecule has 0 spiro atoms. The van der Waals surface area contributed by atoms with Gasteiger partial charge in [0.25, 0.3) is 5.22 Å². The molecular weight excluding hydrogens is 262 g/mol. The Bertz CT molecular complexity index is 621. The Morgan fingerprint density at radius 1 is 1.58 bits per heavy atom. The molecule has 0 aliphatic heterocycles. The number of hydrogen-bond donors (Lipinski definition) is 2. The van der Waals surface area contributed by atoms with Crippen LogP contribution in [0.3, 0.4) is 0 Å². The molecule has 0 saturated heterocycles. The van der Waals surface area contributed by atoms with Gasteiger partial charge in [-0.2, -0.15) is 0 Å². The third-order valence-electron chi connectivity index (χ3n) is 2.96. The zero-order valence-corrected chi connectivity index (χ0v) is 11.4. The van der Waals surface area contributed by atoms with E-state index >= 15 is 0 Å². The number of nitrogens with one attached hydrogen (secondary N) is 1. The minimum atomic E-state index is -0.217. The van der Waals surface area contributed by atoms with Crippen molar-refractivity contribution in [2.45, 2.75) is 36.3 Å². The van der Waals surface area contributed by atoms with Crippen LogP contribution in [0.1, 0.15) is 19.8 Å². The molecule has 0 bridgehead atoms. The van der Waals surface area contributed by atoms with Crippen molar-refractivity contribution < 1.29 is 9.21 Å². The molecule has 3 rings (SSSR count). The number of amides is 1. The fourth-order valence-electron chi connectivity index (χ4n) is 1.72. The highest BCUT2D eigenvalue weighted by molar-refractivity contribution is 8.00. The molecule has 1 aromatic carbocycles. The molecule has 1 unspecified atom stereocenters. The van der Waals surface area contributed by atoms with Crippen molar-refractivity contribution in [1.29, 1.82) is 0 Å². The largest absolute Gasteiger partial charge is 0.431 e. The van der Waals surface area contributed by atoms with E-state index in [0.29, 0.717) is 22.5 Å². The Balaban J connectivity index is 1.71. The highest BCUT2D eigenvalue weighted by Gasteiger charge is 2.26. The number of carbonyl (C=O) groups is 1. The van der Waals surface area contributed by atoms with Gasteiger partial charge in [-0.3, -0.25) is 4.79 Å². The van der Waals surface area contributed by atoms with Gasteiger partial charge in [0.2, 0.25) is 5.91 Å². The zero-order valence-electron chi connectivity index (χ0n) is 10.6. The van der Waals surface area contributed by atoms with Crippen molar-refractivity contribution in [2.24, 2.45) is 0 Å². The molecule has 1 aliphatic carbocycles. The molecule has 1 fully saturated rings. The summed E-state index contributed by atoms with van der Waals surface area (Å²) in [6.45, 7) is 1.85. The number of aromatic nitrogens is 1. The number of oxazole rings is 1. The summed E-state index contributed by atoms with van der Waals surface area (Å²) in [4.78, 5) is 16.2. The smallest absolute Gasteiger partial charge is 0.257 e. The Morgan fingerprint density at radius 2 is 2.37 bits per heavy atom. The quantitative estimate of drug-likeness (QED) is 0.661. The van der Waals surface area contributed by atoms with Crippen LogP contribution in [0.15, 0.2) is 27.8 Å². The monoisotopic (exact) mass is 277 g/mol. The summed E-state index contributed by atoms with van der Waals surface area (Å²) in [5.41, 5.74) is 7.73. The number of hydrogen-bond acceptors (Lipinski definition) is 5. The van der Waals surface area contributed by atoms with E-state index < -0.39 is 0 Å². The van der Waals surface area contributed by atoms with Crippen LogP contribution in [0, 0.1) is 0 Å². The van der Waals surface area contributed by atoms with Crippen molar-refractivity contribution >= 4 is 34.5 Å². The van der Waals surface area contributed by atoms with Gasteiger partial charge in [-0.1, -0.05) is 11.8 Å². The van der Waals surface area contributed by atoms with Crippen LogP contribution in [0.25, 0.3) is 11.1 Å². The van der Waals surface area contributed by atoms with E-state index in [2.05, 4.69) is 10.3 Å². The summed E-state index contributed by atoms with van der Waals surface area (Å²) < 4.78 is 5.58. The number of nitrogens with two attached hydrogens (primary N) is 1.